The van der Waals surface area contributed by atoms with Crippen LogP contribution in [-0.4, -0.2) is 16.7 Å². The van der Waals surface area contributed by atoms with E-state index >= 15 is 0 Å². The summed E-state index contributed by atoms with van der Waals surface area (Å²) in [7, 11) is 0. The Morgan fingerprint density at radius 1 is 1.37 bits per heavy atom. The lowest BCUT2D eigenvalue weighted by Crippen LogP contribution is -2.46. The molecule has 4 nitrogen and oxygen atoms in total. The number of carbonyl (C=O) groups is 1. The molecule has 0 aliphatic carbocycles. The van der Waals surface area contributed by atoms with Crippen LogP contribution in [0.3, 0.4) is 0 Å². The molecule has 0 bridgehead atoms. The fourth-order valence-electron chi connectivity index (χ4n) is 1.45. The van der Waals surface area contributed by atoms with Gasteiger partial charge in [-0.3, -0.25) is 5.32 Å². The average Bonchev–Trinajstić information content (AvgIpc) is 2.27. The fraction of sp³-hybridized carbons (Fsp3) is 0.429. The molecule has 1 aromatic rings. The van der Waals surface area contributed by atoms with E-state index in [1.165, 1.54) is 0 Å². The van der Waals surface area contributed by atoms with Crippen molar-refractivity contribution in [3.63, 3.8) is 0 Å². The van der Waals surface area contributed by atoms with Crippen LogP contribution in [-0.2, 0) is 11.2 Å². The van der Waals surface area contributed by atoms with Gasteiger partial charge in [-0.1, -0.05) is 41.9 Å². The van der Waals surface area contributed by atoms with Crippen molar-refractivity contribution in [2.45, 2.75) is 37.8 Å². The number of rotatable bonds is 3. The van der Waals surface area contributed by atoms with Crippen LogP contribution in [0.2, 0.25) is 0 Å². The molecule has 0 aliphatic rings. The zero-order valence-corrected chi connectivity index (χ0v) is 12.0. The maximum atomic E-state index is 11.7. The lowest BCUT2D eigenvalue weighted by molar-refractivity contribution is 0.0506. The largest absolute Gasteiger partial charge is 0.444 e. The quantitative estimate of drug-likeness (QED) is 0.683. The Morgan fingerprint density at radius 2 is 1.95 bits per heavy atom. The van der Waals surface area contributed by atoms with Gasteiger partial charge in [-0.2, -0.15) is 5.26 Å². The number of hydrogen-bond donors (Lipinski definition) is 1. The van der Waals surface area contributed by atoms with E-state index in [4.69, 9.17) is 21.6 Å². The lowest BCUT2D eigenvalue weighted by Gasteiger charge is -2.25. The zero-order chi connectivity index (χ0) is 14.5. The summed E-state index contributed by atoms with van der Waals surface area (Å²) in [5, 5.41) is 11.5. The van der Waals surface area contributed by atoms with Crippen molar-refractivity contribution < 1.29 is 9.53 Å². The first-order valence-electron chi connectivity index (χ1n) is 5.89. The maximum Gasteiger partial charge on any atom is 0.409 e. The average molecular weight is 281 g/mol. The van der Waals surface area contributed by atoms with E-state index in [-0.39, 0.29) is 6.42 Å². The summed E-state index contributed by atoms with van der Waals surface area (Å²) >= 11 is 6.11. The fourth-order valence-corrected chi connectivity index (χ4v) is 1.69. The molecular formula is C14H17ClN2O2. The van der Waals surface area contributed by atoms with Gasteiger partial charge in [-0.15, -0.1) is 0 Å². The maximum absolute atomic E-state index is 11.7. The van der Waals surface area contributed by atoms with Crippen LogP contribution in [0.5, 0.6) is 0 Å². The van der Waals surface area contributed by atoms with Crippen molar-refractivity contribution in [1.82, 2.24) is 5.32 Å². The highest BCUT2D eigenvalue weighted by Crippen LogP contribution is 2.18. The second-order valence-electron chi connectivity index (χ2n) is 5.20. The highest BCUT2D eigenvalue weighted by atomic mass is 35.5. The molecule has 19 heavy (non-hydrogen) atoms. The molecule has 0 saturated carbocycles. The molecule has 1 amide bonds. The molecule has 0 spiro atoms. The first-order chi connectivity index (χ1) is 8.74. The topological polar surface area (TPSA) is 62.1 Å². The van der Waals surface area contributed by atoms with Gasteiger partial charge in [0.25, 0.3) is 0 Å². The van der Waals surface area contributed by atoms with Crippen molar-refractivity contribution in [3.8, 4) is 6.07 Å². The Morgan fingerprint density at radius 3 is 2.42 bits per heavy atom. The van der Waals surface area contributed by atoms with E-state index in [0.717, 1.165) is 5.56 Å². The predicted octanol–water partition coefficient (Wildman–Crippen LogP) is 3.21. The van der Waals surface area contributed by atoms with Gasteiger partial charge in [0.1, 0.15) is 11.7 Å². The van der Waals surface area contributed by atoms with Crippen LogP contribution in [0.15, 0.2) is 30.3 Å². The van der Waals surface area contributed by atoms with Gasteiger partial charge in [0.2, 0.25) is 5.00 Å². The van der Waals surface area contributed by atoms with Gasteiger partial charge in [-0.25, -0.2) is 4.79 Å². The second-order valence-corrected chi connectivity index (χ2v) is 5.85. The molecule has 1 atom stereocenters. The zero-order valence-electron chi connectivity index (χ0n) is 11.2. The third-order valence-electron chi connectivity index (χ3n) is 2.17. The number of amides is 1. The minimum atomic E-state index is -1.51. The normalized spacial score (nSPS) is 14.1. The molecule has 0 saturated heterocycles. The van der Waals surface area contributed by atoms with Crippen molar-refractivity contribution in [2.24, 2.45) is 0 Å². The summed E-state index contributed by atoms with van der Waals surface area (Å²) in [4.78, 5) is 10.1. The number of alkyl carbamates (subject to hydrolysis) is 1. The molecule has 1 N–H and O–H groups in total. The predicted molar refractivity (Wildman–Crippen MR) is 73.7 cm³/mol. The smallest absolute Gasteiger partial charge is 0.409 e. The van der Waals surface area contributed by atoms with Gasteiger partial charge < -0.3 is 4.74 Å². The molecule has 0 aliphatic heterocycles. The van der Waals surface area contributed by atoms with Gasteiger partial charge in [-0.05, 0) is 26.3 Å². The lowest BCUT2D eigenvalue weighted by atomic mass is 10.1. The van der Waals surface area contributed by atoms with E-state index in [1.54, 1.807) is 20.8 Å². The van der Waals surface area contributed by atoms with Crippen LogP contribution >= 0.6 is 11.6 Å². The minimum Gasteiger partial charge on any atom is -0.444 e. The van der Waals surface area contributed by atoms with Crippen LogP contribution in [0.1, 0.15) is 26.3 Å². The van der Waals surface area contributed by atoms with Crippen molar-refractivity contribution >= 4 is 17.7 Å². The number of alkyl halides is 1. The number of ether oxygens (including phenoxy) is 1. The molecule has 5 heteroatoms. The van der Waals surface area contributed by atoms with E-state index in [0.29, 0.717) is 0 Å². The number of carbonyl (C=O) groups excluding carboxylic acids is 1. The second kappa shape index (κ2) is 5.94. The highest BCUT2D eigenvalue weighted by molar-refractivity contribution is 6.26. The summed E-state index contributed by atoms with van der Waals surface area (Å²) in [5.41, 5.74) is 0.222. The number of benzene rings is 1. The number of nitrogens with zero attached hydrogens (tertiary/aromatic N) is 1. The van der Waals surface area contributed by atoms with Gasteiger partial charge in [0.15, 0.2) is 0 Å². The molecule has 1 rings (SSSR count). The monoisotopic (exact) mass is 280 g/mol. The number of hydrogen-bond acceptors (Lipinski definition) is 3. The Hall–Kier alpha value is -1.73. The van der Waals surface area contributed by atoms with Gasteiger partial charge in [0.05, 0.1) is 0 Å². The summed E-state index contributed by atoms with van der Waals surface area (Å²) in [5.74, 6) is 0. The summed E-state index contributed by atoms with van der Waals surface area (Å²) in [6.45, 7) is 5.23. The van der Waals surface area contributed by atoms with E-state index in [2.05, 4.69) is 5.32 Å². The third-order valence-corrected chi connectivity index (χ3v) is 2.48. The number of nitrogens with one attached hydrogen (secondary N) is 1. The van der Waals surface area contributed by atoms with Gasteiger partial charge in [0, 0.05) is 6.42 Å². The van der Waals surface area contributed by atoms with Crippen LogP contribution in [0.4, 0.5) is 4.79 Å². The van der Waals surface area contributed by atoms with Gasteiger partial charge >= 0.3 is 6.09 Å². The summed E-state index contributed by atoms with van der Waals surface area (Å²) in [6, 6.07) is 11.1. The van der Waals surface area contributed by atoms with E-state index < -0.39 is 16.7 Å². The molecule has 1 aromatic carbocycles. The summed E-state index contributed by atoms with van der Waals surface area (Å²) in [6.07, 6.45) is -0.509. The van der Waals surface area contributed by atoms with Crippen LogP contribution < -0.4 is 5.32 Å². The third kappa shape index (κ3) is 5.62. The molecule has 1 unspecified atom stereocenters. The van der Waals surface area contributed by atoms with Crippen molar-refractivity contribution in [2.75, 3.05) is 0 Å². The Balaban J connectivity index is 2.71. The number of nitriles is 1. The standard InChI is InChI=1S/C14H17ClN2O2/c1-13(2,3)19-12(18)17-14(15,10-16)9-11-7-5-4-6-8-11/h4-8H,9H2,1-3H3,(H,17,18). The number of halogens is 1. The van der Waals surface area contributed by atoms with E-state index in [1.807, 2.05) is 36.4 Å². The molecular weight excluding hydrogens is 264 g/mol. The van der Waals surface area contributed by atoms with E-state index in [9.17, 15) is 4.79 Å². The highest BCUT2D eigenvalue weighted by Gasteiger charge is 2.31. The minimum absolute atomic E-state index is 0.200. The molecule has 0 aromatic heterocycles. The first-order valence-corrected chi connectivity index (χ1v) is 6.27. The molecule has 0 heterocycles. The first kappa shape index (κ1) is 15.3. The Bertz CT molecular complexity index is 476. The van der Waals surface area contributed by atoms with Crippen molar-refractivity contribution in [3.05, 3.63) is 35.9 Å². The molecule has 0 radical (unpaired) electrons. The molecule has 102 valence electrons. The summed E-state index contributed by atoms with van der Waals surface area (Å²) < 4.78 is 5.09. The van der Waals surface area contributed by atoms with Crippen LogP contribution in [0, 0.1) is 11.3 Å². The SMILES string of the molecule is CC(C)(C)OC(=O)NC(Cl)(C#N)Cc1ccccc1. The van der Waals surface area contributed by atoms with Crippen LogP contribution in [0.25, 0.3) is 0 Å². The van der Waals surface area contributed by atoms with Crippen molar-refractivity contribution in [1.29, 1.82) is 5.26 Å². The molecule has 0 fully saturated rings. The Labute approximate surface area is 118 Å². The Kier molecular flexibility index (Phi) is 4.79.